The molecule has 0 radical (unpaired) electrons. The first-order chi connectivity index (χ1) is 9.63. The molecule has 0 amide bonds. The number of carbonyl (C=O) groups is 1. The van der Waals surface area contributed by atoms with Gasteiger partial charge in [0.05, 0.1) is 13.7 Å². The van der Waals surface area contributed by atoms with Crippen LogP contribution in [0, 0.1) is 0 Å². The van der Waals surface area contributed by atoms with Crippen LogP contribution in [0.25, 0.3) is 0 Å². The number of allylic oxidation sites excluding steroid dienone is 1. The van der Waals surface area contributed by atoms with E-state index in [9.17, 15) is 4.79 Å². The third-order valence-electron chi connectivity index (χ3n) is 3.12. The molecule has 0 bridgehead atoms. The second-order valence-corrected chi connectivity index (χ2v) is 4.98. The standard InChI is InChI=1S/C17H24O3/c1-4-5-6-7-12-17(2,14-18)20-13-15-8-10-16(19-3)11-9-15/h7-12,14H,4-6,13H2,1-3H3/b12-7+/t17-/m1/s1. The van der Waals surface area contributed by atoms with E-state index in [1.165, 1.54) is 0 Å². The van der Waals surface area contributed by atoms with E-state index in [0.717, 1.165) is 36.9 Å². The zero-order chi connectivity index (χ0) is 14.8. The maximum atomic E-state index is 11.2. The number of methoxy groups -OCH3 is 1. The number of benzene rings is 1. The average molecular weight is 276 g/mol. The Morgan fingerprint density at radius 3 is 2.50 bits per heavy atom. The van der Waals surface area contributed by atoms with Crippen LogP contribution in [0.5, 0.6) is 5.75 Å². The summed E-state index contributed by atoms with van der Waals surface area (Å²) in [5, 5.41) is 0. The Bertz CT molecular complexity index is 422. The molecule has 0 N–H and O–H groups in total. The second-order valence-electron chi connectivity index (χ2n) is 4.98. The number of hydrogen-bond acceptors (Lipinski definition) is 3. The maximum absolute atomic E-state index is 11.2. The van der Waals surface area contributed by atoms with Crippen LogP contribution in [-0.4, -0.2) is 19.0 Å². The lowest BCUT2D eigenvalue weighted by atomic mass is 10.1. The molecule has 0 saturated carbocycles. The molecule has 3 nitrogen and oxygen atoms in total. The number of ether oxygens (including phenoxy) is 2. The van der Waals surface area contributed by atoms with E-state index in [0.29, 0.717) is 6.61 Å². The first kappa shape index (κ1) is 16.4. The molecule has 0 unspecified atom stereocenters. The molecular weight excluding hydrogens is 252 g/mol. The van der Waals surface area contributed by atoms with Gasteiger partial charge in [0, 0.05) is 0 Å². The summed E-state index contributed by atoms with van der Waals surface area (Å²) in [5.74, 6) is 0.811. The largest absolute Gasteiger partial charge is 0.497 e. The van der Waals surface area contributed by atoms with Gasteiger partial charge in [0.2, 0.25) is 0 Å². The predicted octanol–water partition coefficient (Wildman–Crippen LogP) is 3.92. The van der Waals surface area contributed by atoms with Crippen LogP contribution in [0.2, 0.25) is 0 Å². The molecule has 1 aromatic carbocycles. The quantitative estimate of drug-likeness (QED) is 0.389. The van der Waals surface area contributed by atoms with Crippen molar-refractivity contribution >= 4 is 6.29 Å². The van der Waals surface area contributed by atoms with Crippen molar-refractivity contribution in [1.82, 2.24) is 0 Å². The topological polar surface area (TPSA) is 35.5 Å². The van der Waals surface area contributed by atoms with Crippen LogP contribution < -0.4 is 4.74 Å². The summed E-state index contributed by atoms with van der Waals surface area (Å²) in [6, 6.07) is 7.64. The third-order valence-corrected chi connectivity index (χ3v) is 3.12. The molecule has 3 heteroatoms. The van der Waals surface area contributed by atoms with E-state index in [1.807, 2.05) is 36.4 Å². The van der Waals surface area contributed by atoms with Gasteiger partial charge in [-0.15, -0.1) is 0 Å². The van der Waals surface area contributed by atoms with Gasteiger partial charge in [-0.2, -0.15) is 0 Å². The van der Waals surface area contributed by atoms with Crippen molar-refractivity contribution in [2.45, 2.75) is 45.3 Å². The monoisotopic (exact) mass is 276 g/mol. The van der Waals surface area contributed by atoms with Crippen LogP contribution >= 0.6 is 0 Å². The minimum atomic E-state index is -0.854. The van der Waals surface area contributed by atoms with Gasteiger partial charge in [0.25, 0.3) is 0 Å². The van der Waals surface area contributed by atoms with Crippen molar-refractivity contribution in [3.8, 4) is 5.75 Å². The maximum Gasteiger partial charge on any atom is 0.155 e. The third kappa shape index (κ3) is 5.57. The SMILES string of the molecule is CCCC/C=C/[C@](C)(C=O)OCc1ccc(OC)cc1. The fourth-order valence-electron chi connectivity index (χ4n) is 1.72. The Labute approximate surface area is 121 Å². The molecule has 0 aliphatic heterocycles. The molecule has 110 valence electrons. The zero-order valence-electron chi connectivity index (χ0n) is 12.6. The summed E-state index contributed by atoms with van der Waals surface area (Å²) in [4.78, 5) is 11.2. The van der Waals surface area contributed by atoms with Gasteiger partial charge >= 0.3 is 0 Å². The highest BCUT2D eigenvalue weighted by Crippen LogP contribution is 2.16. The van der Waals surface area contributed by atoms with Crippen molar-refractivity contribution in [3.63, 3.8) is 0 Å². The average Bonchev–Trinajstić information content (AvgIpc) is 2.50. The Morgan fingerprint density at radius 2 is 1.95 bits per heavy atom. The lowest BCUT2D eigenvalue weighted by molar-refractivity contribution is -0.124. The summed E-state index contributed by atoms with van der Waals surface area (Å²) >= 11 is 0. The Morgan fingerprint density at radius 1 is 1.25 bits per heavy atom. The summed E-state index contributed by atoms with van der Waals surface area (Å²) in [6.07, 6.45) is 7.97. The van der Waals surface area contributed by atoms with Crippen LogP contribution in [0.3, 0.4) is 0 Å². The molecule has 1 aromatic rings. The van der Waals surface area contributed by atoms with Crippen LogP contribution in [0.4, 0.5) is 0 Å². The van der Waals surface area contributed by atoms with Gasteiger partial charge in [-0.05, 0) is 37.1 Å². The lowest BCUT2D eigenvalue weighted by Gasteiger charge is -2.20. The van der Waals surface area contributed by atoms with Gasteiger partial charge in [-0.25, -0.2) is 0 Å². The molecule has 0 aliphatic carbocycles. The van der Waals surface area contributed by atoms with Gasteiger partial charge in [0.15, 0.2) is 6.29 Å². The van der Waals surface area contributed by atoms with Crippen molar-refractivity contribution in [2.24, 2.45) is 0 Å². The minimum absolute atomic E-state index is 0.400. The van der Waals surface area contributed by atoms with E-state index in [1.54, 1.807) is 14.0 Å². The molecule has 0 fully saturated rings. The van der Waals surface area contributed by atoms with E-state index in [-0.39, 0.29) is 0 Å². The zero-order valence-corrected chi connectivity index (χ0v) is 12.6. The normalized spacial score (nSPS) is 14.2. The van der Waals surface area contributed by atoms with Gasteiger partial charge in [-0.3, -0.25) is 4.79 Å². The highest BCUT2D eigenvalue weighted by Gasteiger charge is 2.20. The van der Waals surface area contributed by atoms with Crippen LogP contribution in [0.1, 0.15) is 38.7 Å². The lowest BCUT2D eigenvalue weighted by Crippen LogP contribution is -2.27. The highest BCUT2D eigenvalue weighted by molar-refractivity contribution is 5.65. The van der Waals surface area contributed by atoms with E-state index >= 15 is 0 Å². The summed E-state index contributed by atoms with van der Waals surface area (Å²) in [6.45, 7) is 4.33. The molecule has 0 aliphatic rings. The first-order valence-corrected chi connectivity index (χ1v) is 7.04. The van der Waals surface area contributed by atoms with Crippen molar-refractivity contribution in [3.05, 3.63) is 42.0 Å². The number of hydrogen-bond donors (Lipinski definition) is 0. The number of aldehydes is 1. The Kier molecular flexibility index (Phi) is 7.02. The van der Waals surface area contributed by atoms with E-state index in [2.05, 4.69) is 6.92 Å². The molecule has 1 rings (SSSR count). The Hall–Kier alpha value is -1.61. The van der Waals surface area contributed by atoms with Crippen molar-refractivity contribution in [1.29, 1.82) is 0 Å². The van der Waals surface area contributed by atoms with Crippen molar-refractivity contribution in [2.75, 3.05) is 7.11 Å². The first-order valence-electron chi connectivity index (χ1n) is 7.04. The second kappa shape index (κ2) is 8.54. The smallest absolute Gasteiger partial charge is 0.155 e. The van der Waals surface area contributed by atoms with Crippen LogP contribution in [0.15, 0.2) is 36.4 Å². The fraction of sp³-hybridized carbons (Fsp3) is 0.471. The van der Waals surface area contributed by atoms with Gasteiger partial charge in [0.1, 0.15) is 11.4 Å². The summed E-state index contributed by atoms with van der Waals surface area (Å²) in [7, 11) is 1.63. The molecular formula is C17H24O3. The Balaban J connectivity index is 2.54. The van der Waals surface area contributed by atoms with Crippen molar-refractivity contribution < 1.29 is 14.3 Å². The number of unbranched alkanes of at least 4 members (excludes halogenated alkanes) is 2. The van der Waals surface area contributed by atoms with E-state index < -0.39 is 5.60 Å². The molecule has 0 spiro atoms. The minimum Gasteiger partial charge on any atom is -0.497 e. The summed E-state index contributed by atoms with van der Waals surface area (Å²) in [5.41, 5.74) is 0.161. The fourth-order valence-corrected chi connectivity index (χ4v) is 1.72. The molecule has 20 heavy (non-hydrogen) atoms. The number of carbonyl (C=O) groups excluding carboxylic acids is 1. The molecule has 0 heterocycles. The molecule has 0 aromatic heterocycles. The molecule has 1 atom stereocenters. The molecule has 0 saturated heterocycles. The predicted molar refractivity (Wildman–Crippen MR) is 80.9 cm³/mol. The number of rotatable bonds is 9. The van der Waals surface area contributed by atoms with Crippen LogP contribution in [-0.2, 0) is 16.1 Å². The van der Waals surface area contributed by atoms with E-state index in [4.69, 9.17) is 9.47 Å². The highest BCUT2D eigenvalue weighted by atomic mass is 16.5. The van der Waals surface area contributed by atoms with Gasteiger partial charge < -0.3 is 9.47 Å². The van der Waals surface area contributed by atoms with Gasteiger partial charge in [-0.1, -0.05) is 38.0 Å². The summed E-state index contributed by atoms with van der Waals surface area (Å²) < 4.78 is 10.8.